The zero-order valence-corrected chi connectivity index (χ0v) is 31.8. The number of phosphoric ester groups is 1. The van der Waals surface area contributed by atoms with Gasteiger partial charge >= 0.3 is 103 Å². The van der Waals surface area contributed by atoms with Gasteiger partial charge in [-0.25, -0.2) is 0 Å². The minimum Gasteiger partial charge on any atom is -0.790 e. The van der Waals surface area contributed by atoms with Crippen molar-refractivity contribution in [3.63, 3.8) is 0 Å². The predicted molar refractivity (Wildman–Crippen MR) is 135 cm³/mol. The quantitative estimate of drug-likeness (QED) is 0.0469. The Hall–Kier alpha value is 3.14. The third kappa shape index (κ3) is 43.6. The summed E-state index contributed by atoms with van der Waals surface area (Å²) >= 11 is 0. The molecule has 38 heavy (non-hydrogen) atoms. The second kappa shape index (κ2) is 36.3. The van der Waals surface area contributed by atoms with Gasteiger partial charge in [-0.05, 0) is 12.3 Å². The Morgan fingerprint density at radius 3 is 1.11 bits per heavy atom. The summed E-state index contributed by atoms with van der Waals surface area (Å²) in [5, 5.41) is 0. The molecule has 0 atom stereocenters. The van der Waals surface area contributed by atoms with Crippen LogP contribution in [0.5, 0.6) is 0 Å². The summed E-state index contributed by atoms with van der Waals surface area (Å²) in [4.78, 5) is 20.4. The molecule has 0 radical (unpaired) electrons. The van der Waals surface area contributed by atoms with E-state index in [0.717, 1.165) is 18.9 Å². The fraction of sp³-hybridized carbons (Fsp3) is 1.00. The standard InChI is InChI=1S/C25H53O10P.2K/c1-25(2)11-9-7-5-3-4-6-8-10-12-29-13-14-30-15-16-31-17-18-32-19-20-33-21-22-34-23-24-35-36(26,27)28;;/h25H,3-24H2,1-2H3,(H2,26,27,28);;/q;2*+1/p-2. The molecule has 0 aromatic rings. The molecule has 0 saturated heterocycles. The Bertz CT molecular complexity index is 487. The molecule has 0 spiro atoms. The van der Waals surface area contributed by atoms with Gasteiger partial charge in [0, 0.05) is 6.61 Å². The third-order valence-corrected chi connectivity index (χ3v) is 5.66. The van der Waals surface area contributed by atoms with E-state index in [9.17, 15) is 14.4 Å². The average Bonchev–Trinajstić information content (AvgIpc) is 2.82. The second-order valence-corrected chi connectivity index (χ2v) is 10.1. The van der Waals surface area contributed by atoms with Gasteiger partial charge in [0.25, 0.3) is 0 Å². The number of rotatable bonds is 30. The summed E-state index contributed by atoms with van der Waals surface area (Å²) in [7, 11) is -4.92. The number of hydrogen-bond donors (Lipinski definition) is 0. The van der Waals surface area contributed by atoms with Crippen LogP contribution in [0.25, 0.3) is 0 Å². The maximum absolute atomic E-state index is 10.2. The SMILES string of the molecule is CC(C)CCCCCCCCCCOCCOCCOCCOCCOCCOCCOP(=O)([O-])[O-].[K+].[K+]. The number of phosphoric acid groups is 1. The largest absolute Gasteiger partial charge is 1.00 e. The van der Waals surface area contributed by atoms with Crippen molar-refractivity contribution in [2.24, 2.45) is 5.92 Å². The Balaban J connectivity index is -0.00000612. The van der Waals surface area contributed by atoms with Crippen molar-refractivity contribution in [2.45, 2.75) is 71.6 Å². The van der Waals surface area contributed by atoms with Crippen molar-refractivity contribution in [3.8, 4) is 0 Å². The fourth-order valence-electron chi connectivity index (χ4n) is 3.23. The van der Waals surface area contributed by atoms with E-state index in [4.69, 9.17) is 28.4 Å². The molecular weight excluding hydrogens is 569 g/mol. The monoisotopic (exact) mass is 620 g/mol. The first kappa shape index (κ1) is 45.6. The number of ether oxygens (including phenoxy) is 6. The zero-order valence-electron chi connectivity index (χ0n) is 24.7. The molecule has 0 saturated carbocycles. The van der Waals surface area contributed by atoms with Gasteiger partial charge in [-0.15, -0.1) is 0 Å². The van der Waals surface area contributed by atoms with E-state index >= 15 is 0 Å². The molecule has 0 bridgehead atoms. The smallest absolute Gasteiger partial charge is 0.790 e. The van der Waals surface area contributed by atoms with Gasteiger partial charge in [-0.1, -0.05) is 65.2 Å². The molecule has 0 N–H and O–H groups in total. The van der Waals surface area contributed by atoms with Gasteiger partial charge in [0.15, 0.2) is 0 Å². The third-order valence-electron chi connectivity index (χ3n) is 5.16. The van der Waals surface area contributed by atoms with Gasteiger partial charge < -0.3 is 47.3 Å². The number of unbranched alkanes of at least 4 members (excludes halogenated alkanes) is 7. The maximum Gasteiger partial charge on any atom is 1.00 e. The van der Waals surface area contributed by atoms with E-state index in [2.05, 4.69) is 18.4 Å². The van der Waals surface area contributed by atoms with Crippen molar-refractivity contribution < 1.29 is 150 Å². The van der Waals surface area contributed by atoms with Crippen molar-refractivity contribution in [3.05, 3.63) is 0 Å². The first-order valence-corrected chi connectivity index (χ1v) is 15.0. The summed E-state index contributed by atoms with van der Waals surface area (Å²) < 4.78 is 46.5. The van der Waals surface area contributed by atoms with Crippen LogP contribution in [0.4, 0.5) is 0 Å². The van der Waals surface area contributed by atoms with Gasteiger partial charge in [0.2, 0.25) is 0 Å². The van der Waals surface area contributed by atoms with Crippen LogP contribution in [0, 0.1) is 5.92 Å². The van der Waals surface area contributed by atoms with Gasteiger partial charge in [-0.2, -0.15) is 0 Å². The zero-order chi connectivity index (χ0) is 26.6. The van der Waals surface area contributed by atoms with Crippen molar-refractivity contribution in [1.29, 1.82) is 0 Å². The molecule has 218 valence electrons. The molecule has 13 heteroatoms. The van der Waals surface area contributed by atoms with Gasteiger partial charge in [0.1, 0.15) is 0 Å². The number of hydrogen-bond acceptors (Lipinski definition) is 10. The molecule has 0 aromatic heterocycles. The van der Waals surface area contributed by atoms with E-state index in [0.29, 0.717) is 59.5 Å². The second-order valence-electron chi connectivity index (χ2n) is 8.97. The van der Waals surface area contributed by atoms with E-state index in [-0.39, 0.29) is 123 Å². The van der Waals surface area contributed by atoms with Crippen LogP contribution in [0.15, 0.2) is 0 Å². The predicted octanol–water partition coefficient (Wildman–Crippen LogP) is -2.89. The Morgan fingerprint density at radius 2 is 0.763 bits per heavy atom. The topological polar surface area (TPSA) is 128 Å². The van der Waals surface area contributed by atoms with Crippen molar-refractivity contribution in [1.82, 2.24) is 0 Å². The van der Waals surface area contributed by atoms with Crippen LogP contribution in [0.2, 0.25) is 0 Å². The summed E-state index contributed by atoms with van der Waals surface area (Å²) in [6.45, 7) is 9.84. The van der Waals surface area contributed by atoms with Crippen molar-refractivity contribution >= 4 is 7.82 Å². The summed E-state index contributed by atoms with van der Waals surface area (Å²) in [6, 6.07) is 0. The Morgan fingerprint density at radius 1 is 0.474 bits per heavy atom. The van der Waals surface area contributed by atoms with Crippen LogP contribution in [0.3, 0.4) is 0 Å². The molecule has 0 aliphatic carbocycles. The first-order chi connectivity index (χ1) is 17.4. The van der Waals surface area contributed by atoms with Crippen molar-refractivity contribution in [2.75, 3.05) is 85.9 Å². The molecule has 0 heterocycles. The molecule has 0 rings (SSSR count). The summed E-state index contributed by atoms with van der Waals surface area (Å²) in [5.74, 6) is 0.840. The maximum atomic E-state index is 10.2. The molecule has 0 aliphatic heterocycles. The van der Waals surface area contributed by atoms with E-state index < -0.39 is 7.82 Å². The molecule has 0 unspecified atom stereocenters. The van der Waals surface area contributed by atoms with Gasteiger partial charge in [0.05, 0.1) is 87.1 Å². The molecule has 0 aromatic carbocycles. The molecule has 0 amide bonds. The van der Waals surface area contributed by atoms with Crippen LogP contribution in [-0.2, 0) is 37.5 Å². The van der Waals surface area contributed by atoms with Crippen LogP contribution >= 0.6 is 7.82 Å². The van der Waals surface area contributed by atoms with Crippen LogP contribution in [0.1, 0.15) is 71.6 Å². The summed E-state index contributed by atoms with van der Waals surface area (Å²) in [5.41, 5.74) is 0. The van der Waals surface area contributed by atoms with E-state index in [1.807, 2.05) is 0 Å². The normalized spacial score (nSPS) is 11.5. The summed E-state index contributed by atoms with van der Waals surface area (Å²) in [6.07, 6.45) is 11.9. The Labute approximate surface area is 316 Å². The molecule has 0 aliphatic rings. The first-order valence-electron chi connectivity index (χ1n) is 13.5. The Kier molecular flexibility index (Phi) is 43.6. The van der Waals surface area contributed by atoms with E-state index in [1.165, 1.54) is 51.4 Å². The molecule has 0 fully saturated rings. The van der Waals surface area contributed by atoms with Gasteiger partial charge in [-0.3, -0.25) is 0 Å². The van der Waals surface area contributed by atoms with Crippen LogP contribution in [-0.4, -0.2) is 85.9 Å². The average molecular weight is 621 g/mol. The molecular formula is C25H51K2O10P. The minimum atomic E-state index is -4.92. The van der Waals surface area contributed by atoms with E-state index in [1.54, 1.807) is 0 Å². The minimum absolute atomic E-state index is 0. The van der Waals surface area contributed by atoms with Crippen LogP contribution < -0.4 is 113 Å². The molecule has 10 nitrogen and oxygen atoms in total. The fourth-order valence-corrected chi connectivity index (χ4v) is 3.53.